The van der Waals surface area contributed by atoms with Crippen molar-refractivity contribution < 1.29 is 14.0 Å². The van der Waals surface area contributed by atoms with E-state index >= 15 is 0 Å². The van der Waals surface area contributed by atoms with Crippen molar-refractivity contribution >= 4 is 17.5 Å². The summed E-state index contributed by atoms with van der Waals surface area (Å²) >= 11 is 0. The van der Waals surface area contributed by atoms with E-state index in [1.165, 1.54) is 0 Å². The number of rotatable bonds is 4. The Morgan fingerprint density at radius 1 is 1.50 bits per heavy atom. The second-order valence-corrected chi connectivity index (χ2v) is 5.30. The van der Waals surface area contributed by atoms with E-state index in [1.807, 2.05) is 6.92 Å². The molecule has 22 heavy (non-hydrogen) atoms. The number of anilines is 1. The first-order valence-electron chi connectivity index (χ1n) is 7.28. The third-order valence-electron chi connectivity index (χ3n) is 3.75. The van der Waals surface area contributed by atoms with Crippen LogP contribution in [0.25, 0.3) is 0 Å². The molecule has 1 aliphatic rings. The van der Waals surface area contributed by atoms with Crippen molar-refractivity contribution in [2.24, 2.45) is 7.05 Å². The van der Waals surface area contributed by atoms with Crippen LogP contribution in [-0.2, 0) is 18.3 Å². The zero-order valence-electron chi connectivity index (χ0n) is 12.6. The highest BCUT2D eigenvalue weighted by Gasteiger charge is 2.34. The summed E-state index contributed by atoms with van der Waals surface area (Å²) < 4.78 is 7.05. The molecule has 1 atom stereocenters. The maximum absolute atomic E-state index is 12.4. The van der Waals surface area contributed by atoms with Gasteiger partial charge in [-0.1, -0.05) is 6.92 Å². The molecule has 0 spiro atoms. The number of carbonyl (C=O) groups excluding carboxylic acids is 2. The first-order valence-corrected chi connectivity index (χ1v) is 7.28. The number of carbonyl (C=O) groups is 2. The second kappa shape index (κ2) is 5.67. The second-order valence-electron chi connectivity index (χ2n) is 5.30. The molecular formula is C15H18N4O3. The van der Waals surface area contributed by atoms with E-state index in [2.05, 4.69) is 10.4 Å². The van der Waals surface area contributed by atoms with Crippen LogP contribution in [0.1, 0.15) is 29.7 Å². The van der Waals surface area contributed by atoms with E-state index in [9.17, 15) is 9.59 Å². The fraction of sp³-hybridized carbons (Fsp3) is 0.400. The summed E-state index contributed by atoms with van der Waals surface area (Å²) in [4.78, 5) is 26.2. The molecule has 0 saturated carbocycles. The number of aromatic nitrogens is 2. The molecule has 0 aromatic carbocycles. The van der Waals surface area contributed by atoms with Gasteiger partial charge in [0, 0.05) is 26.2 Å². The van der Waals surface area contributed by atoms with Crippen LogP contribution < -0.4 is 10.2 Å². The number of amides is 2. The summed E-state index contributed by atoms with van der Waals surface area (Å²) in [6.45, 7) is 2.51. The van der Waals surface area contributed by atoms with Gasteiger partial charge in [0.15, 0.2) is 5.76 Å². The number of hydrogen-bond acceptors (Lipinski definition) is 4. The molecule has 7 nitrogen and oxygen atoms in total. The number of aryl methyl sites for hydroxylation is 2. The van der Waals surface area contributed by atoms with Crippen molar-refractivity contribution in [2.45, 2.75) is 25.8 Å². The molecule has 7 heteroatoms. The van der Waals surface area contributed by atoms with Crippen LogP contribution in [0.3, 0.4) is 0 Å². The van der Waals surface area contributed by atoms with E-state index < -0.39 is 6.04 Å². The zero-order chi connectivity index (χ0) is 15.7. The van der Waals surface area contributed by atoms with Crippen LogP contribution in [0.15, 0.2) is 28.9 Å². The van der Waals surface area contributed by atoms with Crippen molar-refractivity contribution in [1.82, 2.24) is 15.1 Å². The van der Waals surface area contributed by atoms with Crippen molar-refractivity contribution in [1.29, 1.82) is 0 Å². The molecule has 1 aliphatic heterocycles. The molecule has 116 valence electrons. The highest BCUT2D eigenvalue weighted by molar-refractivity contribution is 6.03. The lowest BCUT2D eigenvalue weighted by atomic mass is 10.2. The van der Waals surface area contributed by atoms with Crippen LogP contribution in [0.4, 0.5) is 5.69 Å². The average Bonchev–Trinajstić information content (AvgIpc) is 3.20. The van der Waals surface area contributed by atoms with E-state index in [1.54, 1.807) is 41.2 Å². The Bertz CT molecular complexity index is 703. The first kappa shape index (κ1) is 14.4. The molecule has 1 N–H and O–H groups in total. The SMILES string of the molecule is CCc1ccc(C(=O)N[C@@H]2CCN(c3cnn(C)c3)C2=O)o1. The molecule has 2 amide bonds. The summed E-state index contributed by atoms with van der Waals surface area (Å²) in [7, 11) is 1.80. The van der Waals surface area contributed by atoms with Gasteiger partial charge in [-0.2, -0.15) is 5.10 Å². The summed E-state index contributed by atoms with van der Waals surface area (Å²) in [6, 6.07) is 2.88. The molecular weight excluding hydrogens is 284 g/mol. The maximum Gasteiger partial charge on any atom is 0.287 e. The van der Waals surface area contributed by atoms with Gasteiger partial charge in [0.25, 0.3) is 5.91 Å². The highest BCUT2D eigenvalue weighted by Crippen LogP contribution is 2.21. The molecule has 0 radical (unpaired) electrons. The summed E-state index contributed by atoms with van der Waals surface area (Å²) in [6.07, 6.45) is 4.72. The minimum absolute atomic E-state index is 0.122. The van der Waals surface area contributed by atoms with Crippen LogP contribution in [0.2, 0.25) is 0 Å². The Hall–Kier alpha value is -2.57. The smallest absolute Gasteiger partial charge is 0.287 e. The molecule has 0 unspecified atom stereocenters. The minimum atomic E-state index is -0.525. The van der Waals surface area contributed by atoms with Crippen LogP contribution in [0, 0.1) is 0 Å². The average molecular weight is 302 g/mol. The monoisotopic (exact) mass is 302 g/mol. The number of hydrogen-bond donors (Lipinski definition) is 1. The normalized spacial score (nSPS) is 18.0. The maximum atomic E-state index is 12.4. The Morgan fingerprint density at radius 3 is 2.95 bits per heavy atom. The van der Waals surface area contributed by atoms with E-state index in [-0.39, 0.29) is 17.6 Å². The van der Waals surface area contributed by atoms with Crippen LogP contribution >= 0.6 is 0 Å². The minimum Gasteiger partial charge on any atom is -0.456 e. The lowest BCUT2D eigenvalue weighted by molar-refractivity contribution is -0.118. The Balaban J connectivity index is 1.66. The zero-order valence-corrected chi connectivity index (χ0v) is 12.6. The molecule has 0 aliphatic carbocycles. The van der Waals surface area contributed by atoms with Gasteiger partial charge in [0.2, 0.25) is 5.91 Å². The Morgan fingerprint density at radius 2 is 2.32 bits per heavy atom. The van der Waals surface area contributed by atoms with Gasteiger partial charge in [-0.15, -0.1) is 0 Å². The summed E-state index contributed by atoms with van der Waals surface area (Å²) in [5, 5.41) is 6.80. The molecule has 3 heterocycles. The van der Waals surface area contributed by atoms with Crippen molar-refractivity contribution in [2.75, 3.05) is 11.4 Å². The Labute approximate surface area is 127 Å². The lowest BCUT2D eigenvalue weighted by Crippen LogP contribution is -2.41. The van der Waals surface area contributed by atoms with Crippen LogP contribution in [0.5, 0.6) is 0 Å². The predicted molar refractivity (Wildman–Crippen MR) is 79.5 cm³/mol. The van der Waals surface area contributed by atoms with E-state index in [4.69, 9.17) is 4.42 Å². The third kappa shape index (κ3) is 2.61. The van der Waals surface area contributed by atoms with Gasteiger partial charge in [-0.25, -0.2) is 0 Å². The van der Waals surface area contributed by atoms with Crippen LogP contribution in [-0.4, -0.2) is 34.2 Å². The molecule has 3 rings (SSSR count). The molecule has 1 saturated heterocycles. The van der Waals surface area contributed by atoms with E-state index in [0.717, 1.165) is 17.9 Å². The van der Waals surface area contributed by atoms with Gasteiger partial charge >= 0.3 is 0 Å². The molecule has 2 aromatic heterocycles. The highest BCUT2D eigenvalue weighted by atomic mass is 16.3. The lowest BCUT2D eigenvalue weighted by Gasteiger charge is -2.14. The van der Waals surface area contributed by atoms with Gasteiger partial charge < -0.3 is 14.6 Å². The van der Waals surface area contributed by atoms with Gasteiger partial charge in [0.1, 0.15) is 11.8 Å². The van der Waals surface area contributed by atoms with Crippen molar-refractivity contribution in [3.05, 3.63) is 36.0 Å². The molecule has 2 aromatic rings. The first-order chi connectivity index (χ1) is 10.6. The predicted octanol–water partition coefficient (Wildman–Crippen LogP) is 1.11. The van der Waals surface area contributed by atoms with Gasteiger partial charge in [0.05, 0.1) is 11.9 Å². The fourth-order valence-corrected chi connectivity index (χ4v) is 2.54. The number of nitrogens with zero attached hydrogens (tertiary/aromatic N) is 3. The van der Waals surface area contributed by atoms with E-state index in [0.29, 0.717) is 13.0 Å². The van der Waals surface area contributed by atoms with Crippen molar-refractivity contribution in [3.63, 3.8) is 0 Å². The van der Waals surface area contributed by atoms with Gasteiger partial charge in [-0.05, 0) is 18.6 Å². The topological polar surface area (TPSA) is 80.4 Å². The van der Waals surface area contributed by atoms with Gasteiger partial charge in [-0.3, -0.25) is 14.3 Å². The largest absolute Gasteiger partial charge is 0.456 e. The Kier molecular flexibility index (Phi) is 3.70. The third-order valence-corrected chi connectivity index (χ3v) is 3.75. The van der Waals surface area contributed by atoms with Crippen molar-refractivity contribution in [3.8, 4) is 0 Å². The fourth-order valence-electron chi connectivity index (χ4n) is 2.54. The number of furan rings is 1. The standard InChI is InChI=1S/C15H18N4O3/c1-3-11-4-5-13(22-11)14(20)17-12-6-7-19(15(12)21)10-8-16-18(2)9-10/h4-5,8-9,12H,3,6-7H2,1-2H3,(H,17,20)/t12-/m1/s1. The number of nitrogens with one attached hydrogen (secondary N) is 1. The molecule has 0 bridgehead atoms. The summed E-state index contributed by atoms with van der Waals surface area (Å²) in [5.74, 6) is 0.513. The summed E-state index contributed by atoms with van der Waals surface area (Å²) in [5.41, 5.74) is 0.746. The molecule has 1 fully saturated rings. The quantitative estimate of drug-likeness (QED) is 0.917.